The van der Waals surface area contributed by atoms with Gasteiger partial charge in [0.15, 0.2) is 0 Å². The Labute approximate surface area is 73.0 Å². The largest absolute Gasteiger partial charge is 0.466 e. The molecule has 0 rings (SSSR count). The first-order chi connectivity index (χ1) is 5.81. The van der Waals surface area contributed by atoms with Crippen LogP contribution in [-0.2, 0) is 9.53 Å². The highest BCUT2D eigenvalue weighted by Gasteiger charge is 1.99. The standard InChI is InChI=1S/C9H16O3/c1-2-3-4-5-8-12-9(11)6-7-10/h2,10H,1,3-8H2. The third-order valence-corrected chi connectivity index (χ3v) is 1.38. The number of aliphatic hydroxyl groups excluding tert-OH is 1. The summed E-state index contributed by atoms with van der Waals surface area (Å²) in [6.07, 6.45) is 4.76. The van der Waals surface area contributed by atoms with Crippen LogP contribution in [0.15, 0.2) is 12.7 Å². The normalized spacial score (nSPS) is 9.42. The van der Waals surface area contributed by atoms with Gasteiger partial charge in [-0.05, 0) is 19.3 Å². The average molecular weight is 172 g/mol. The van der Waals surface area contributed by atoms with Crippen molar-refractivity contribution < 1.29 is 14.6 Å². The number of rotatable bonds is 7. The molecule has 0 atom stereocenters. The molecule has 0 radical (unpaired) electrons. The zero-order valence-electron chi connectivity index (χ0n) is 7.29. The van der Waals surface area contributed by atoms with Gasteiger partial charge in [0, 0.05) is 0 Å². The Bertz CT molecular complexity index is 132. The van der Waals surface area contributed by atoms with Crippen LogP contribution in [-0.4, -0.2) is 24.3 Å². The lowest BCUT2D eigenvalue weighted by Crippen LogP contribution is -2.07. The highest BCUT2D eigenvalue weighted by Crippen LogP contribution is 1.96. The van der Waals surface area contributed by atoms with Crippen LogP contribution in [0.1, 0.15) is 25.7 Å². The van der Waals surface area contributed by atoms with E-state index in [2.05, 4.69) is 6.58 Å². The van der Waals surface area contributed by atoms with Crippen LogP contribution in [0.3, 0.4) is 0 Å². The van der Waals surface area contributed by atoms with Crippen molar-refractivity contribution in [3.05, 3.63) is 12.7 Å². The molecule has 70 valence electrons. The lowest BCUT2D eigenvalue weighted by Gasteiger charge is -2.01. The molecule has 0 aromatic carbocycles. The molecule has 0 aromatic heterocycles. The first-order valence-corrected chi connectivity index (χ1v) is 4.18. The van der Waals surface area contributed by atoms with Crippen LogP contribution in [0.25, 0.3) is 0 Å². The fourth-order valence-electron chi connectivity index (χ4n) is 0.740. The van der Waals surface area contributed by atoms with Gasteiger partial charge in [-0.15, -0.1) is 6.58 Å². The topological polar surface area (TPSA) is 46.5 Å². The van der Waals surface area contributed by atoms with Crippen molar-refractivity contribution in [1.82, 2.24) is 0 Å². The minimum absolute atomic E-state index is 0.0987. The van der Waals surface area contributed by atoms with Crippen LogP contribution in [0.2, 0.25) is 0 Å². The molecule has 0 unspecified atom stereocenters. The fraction of sp³-hybridized carbons (Fsp3) is 0.667. The minimum Gasteiger partial charge on any atom is -0.466 e. The molecule has 0 saturated carbocycles. The monoisotopic (exact) mass is 172 g/mol. The first kappa shape index (κ1) is 11.2. The van der Waals surface area contributed by atoms with Crippen molar-refractivity contribution in [1.29, 1.82) is 0 Å². The van der Waals surface area contributed by atoms with Crippen molar-refractivity contribution in [3.63, 3.8) is 0 Å². The van der Waals surface area contributed by atoms with E-state index in [4.69, 9.17) is 9.84 Å². The zero-order valence-corrected chi connectivity index (χ0v) is 7.29. The molecule has 0 aliphatic rings. The smallest absolute Gasteiger partial charge is 0.308 e. The van der Waals surface area contributed by atoms with E-state index in [1.165, 1.54) is 0 Å². The summed E-state index contributed by atoms with van der Waals surface area (Å²) in [6, 6.07) is 0. The molecule has 12 heavy (non-hydrogen) atoms. The second-order valence-corrected chi connectivity index (χ2v) is 2.48. The van der Waals surface area contributed by atoms with Crippen molar-refractivity contribution in [2.45, 2.75) is 25.7 Å². The Morgan fingerprint density at radius 3 is 2.83 bits per heavy atom. The van der Waals surface area contributed by atoms with Crippen LogP contribution in [0.4, 0.5) is 0 Å². The van der Waals surface area contributed by atoms with Gasteiger partial charge in [0.25, 0.3) is 0 Å². The average Bonchev–Trinajstić information content (AvgIpc) is 2.05. The molecule has 0 bridgehead atoms. The zero-order chi connectivity index (χ0) is 9.23. The lowest BCUT2D eigenvalue weighted by atomic mass is 10.2. The third-order valence-electron chi connectivity index (χ3n) is 1.38. The summed E-state index contributed by atoms with van der Waals surface area (Å²) in [5, 5.41) is 8.36. The second kappa shape index (κ2) is 8.27. The number of allylic oxidation sites excluding steroid dienone is 1. The van der Waals surface area contributed by atoms with Crippen molar-refractivity contribution in [3.8, 4) is 0 Å². The highest BCUT2D eigenvalue weighted by molar-refractivity contribution is 5.69. The Balaban J connectivity index is 3.08. The maximum absolute atomic E-state index is 10.7. The molecule has 3 nitrogen and oxygen atoms in total. The van der Waals surface area contributed by atoms with E-state index >= 15 is 0 Å². The SMILES string of the molecule is C=CCCCCOC(=O)CCO. The molecule has 0 aliphatic heterocycles. The van der Waals surface area contributed by atoms with E-state index in [0.717, 1.165) is 19.3 Å². The van der Waals surface area contributed by atoms with Gasteiger partial charge in [0.1, 0.15) is 0 Å². The second-order valence-electron chi connectivity index (χ2n) is 2.48. The van der Waals surface area contributed by atoms with Gasteiger partial charge >= 0.3 is 5.97 Å². The van der Waals surface area contributed by atoms with Crippen molar-refractivity contribution in [2.24, 2.45) is 0 Å². The van der Waals surface area contributed by atoms with Gasteiger partial charge in [-0.2, -0.15) is 0 Å². The molecular weight excluding hydrogens is 156 g/mol. The van der Waals surface area contributed by atoms with Crippen molar-refractivity contribution >= 4 is 5.97 Å². The molecule has 0 aromatic rings. The Morgan fingerprint density at radius 2 is 2.25 bits per heavy atom. The molecule has 0 saturated heterocycles. The van der Waals surface area contributed by atoms with Gasteiger partial charge in [0.05, 0.1) is 19.6 Å². The van der Waals surface area contributed by atoms with Crippen LogP contribution in [0.5, 0.6) is 0 Å². The molecule has 1 N–H and O–H groups in total. The molecule has 0 amide bonds. The number of ether oxygens (including phenoxy) is 1. The molecule has 0 heterocycles. The van der Waals surface area contributed by atoms with E-state index < -0.39 is 0 Å². The van der Waals surface area contributed by atoms with Gasteiger partial charge in [-0.1, -0.05) is 6.08 Å². The summed E-state index contributed by atoms with van der Waals surface area (Å²) in [6.45, 7) is 3.90. The summed E-state index contributed by atoms with van der Waals surface area (Å²) in [7, 11) is 0. The number of esters is 1. The first-order valence-electron chi connectivity index (χ1n) is 4.18. The number of hydrogen-bond donors (Lipinski definition) is 1. The number of carbonyl (C=O) groups excluding carboxylic acids is 1. The highest BCUT2D eigenvalue weighted by atomic mass is 16.5. The summed E-state index contributed by atoms with van der Waals surface area (Å²) in [5.74, 6) is -0.323. The number of unbranched alkanes of at least 4 members (excludes halogenated alkanes) is 2. The van der Waals surface area contributed by atoms with Crippen molar-refractivity contribution in [2.75, 3.05) is 13.2 Å². The lowest BCUT2D eigenvalue weighted by molar-refractivity contribution is -0.144. The Hall–Kier alpha value is -0.830. The predicted molar refractivity (Wildman–Crippen MR) is 46.7 cm³/mol. The molecule has 0 fully saturated rings. The summed E-state index contributed by atoms with van der Waals surface area (Å²) < 4.78 is 4.80. The van der Waals surface area contributed by atoms with Gasteiger partial charge in [0.2, 0.25) is 0 Å². The molecule has 3 heteroatoms. The van der Waals surface area contributed by atoms with E-state index in [1.54, 1.807) is 0 Å². The Morgan fingerprint density at radius 1 is 1.50 bits per heavy atom. The quantitative estimate of drug-likeness (QED) is 0.357. The van der Waals surface area contributed by atoms with Gasteiger partial charge in [-0.3, -0.25) is 4.79 Å². The summed E-state index contributed by atoms with van der Waals surface area (Å²) in [5.41, 5.74) is 0. The van der Waals surface area contributed by atoms with Gasteiger partial charge < -0.3 is 9.84 Å². The maximum atomic E-state index is 10.7. The van der Waals surface area contributed by atoms with E-state index in [-0.39, 0.29) is 19.0 Å². The summed E-state index contributed by atoms with van der Waals surface area (Å²) in [4.78, 5) is 10.7. The van der Waals surface area contributed by atoms with Crippen LogP contribution >= 0.6 is 0 Å². The van der Waals surface area contributed by atoms with Crippen LogP contribution in [0, 0.1) is 0 Å². The Kier molecular flexibility index (Phi) is 7.70. The maximum Gasteiger partial charge on any atom is 0.308 e. The van der Waals surface area contributed by atoms with E-state index in [1.807, 2.05) is 6.08 Å². The number of aliphatic hydroxyl groups is 1. The van der Waals surface area contributed by atoms with E-state index in [0.29, 0.717) is 6.61 Å². The van der Waals surface area contributed by atoms with E-state index in [9.17, 15) is 4.79 Å². The molecule has 0 spiro atoms. The number of carbonyl (C=O) groups is 1. The van der Waals surface area contributed by atoms with Gasteiger partial charge in [-0.25, -0.2) is 0 Å². The fourth-order valence-corrected chi connectivity index (χ4v) is 0.740. The summed E-state index contributed by atoms with van der Waals surface area (Å²) >= 11 is 0. The van der Waals surface area contributed by atoms with Crippen LogP contribution < -0.4 is 0 Å². The minimum atomic E-state index is -0.323. The number of hydrogen-bond acceptors (Lipinski definition) is 3. The molecular formula is C9H16O3. The predicted octanol–water partition coefficient (Wildman–Crippen LogP) is 1.27. The third kappa shape index (κ3) is 7.28. The molecule has 0 aliphatic carbocycles.